The molecule has 1 fully saturated rings. The number of nitrogens with zero attached hydrogens (tertiary/aromatic N) is 2. The van der Waals surface area contributed by atoms with Crippen molar-refractivity contribution in [3.05, 3.63) is 0 Å². The van der Waals surface area contributed by atoms with Gasteiger partial charge in [-0.3, -0.25) is 4.79 Å². The van der Waals surface area contributed by atoms with Crippen molar-refractivity contribution >= 4 is 16.0 Å². The molecule has 1 rings (SSSR count). The summed E-state index contributed by atoms with van der Waals surface area (Å²) in [4.78, 5) is 11.2. The van der Waals surface area contributed by atoms with Crippen molar-refractivity contribution in [2.45, 2.75) is 46.1 Å². The summed E-state index contributed by atoms with van der Waals surface area (Å²) in [7, 11) is -3.56. The number of rotatable bonds is 5. The van der Waals surface area contributed by atoms with Gasteiger partial charge in [-0.2, -0.15) is 9.57 Å². The van der Waals surface area contributed by atoms with Crippen LogP contribution in [0.4, 0.5) is 0 Å². The fraction of sp³-hybridized carbons (Fsp3) is 0.846. The van der Waals surface area contributed by atoms with E-state index in [4.69, 9.17) is 10.4 Å². The first-order valence-electron chi connectivity index (χ1n) is 6.70. The molecule has 0 spiro atoms. The average molecular weight is 302 g/mol. The molecule has 0 radical (unpaired) electrons. The van der Waals surface area contributed by atoms with Gasteiger partial charge in [-0.05, 0) is 25.2 Å². The van der Waals surface area contributed by atoms with Crippen LogP contribution in [0.1, 0.15) is 40.0 Å². The van der Waals surface area contributed by atoms with Crippen molar-refractivity contribution in [1.29, 1.82) is 5.26 Å². The molecule has 1 aliphatic heterocycles. The van der Waals surface area contributed by atoms with Crippen LogP contribution < -0.4 is 0 Å². The summed E-state index contributed by atoms with van der Waals surface area (Å²) < 4.78 is 26.3. The molecule has 1 heterocycles. The van der Waals surface area contributed by atoms with Gasteiger partial charge in [0, 0.05) is 19.0 Å². The second kappa shape index (κ2) is 6.10. The van der Waals surface area contributed by atoms with Gasteiger partial charge in [0.05, 0.1) is 17.7 Å². The lowest BCUT2D eigenvalue weighted by atomic mass is 9.92. The summed E-state index contributed by atoms with van der Waals surface area (Å²) in [6.07, 6.45) is 1.21. The Bertz CT molecular complexity index is 507. The lowest BCUT2D eigenvalue weighted by Crippen LogP contribution is -2.51. The third-order valence-electron chi connectivity index (χ3n) is 3.74. The SMILES string of the molecule is C[C@@H]1[C@H](C(=O)O)CCCN1S(=O)(=O)CC(C)(C)CC#N. The van der Waals surface area contributed by atoms with Gasteiger partial charge in [0.2, 0.25) is 10.0 Å². The van der Waals surface area contributed by atoms with Crippen LogP contribution >= 0.6 is 0 Å². The van der Waals surface area contributed by atoms with Crippen LogP contribution in [-0.4, -0.2) is 42.1 Å². The molecule has 6 nitrogen and oxygen atoms in total. The zero-order chi connectivity index (χ0) is 15.6. The fourth-order valence-corrected chi connectivity index (χ4v) is 4.99. The second-order valence-electron chi connectivity index (χ2n) is 6.19. The summed E-state index contributed by atoms with van der Waals surface area (Å²) in [5.74, 6) is -1.74. The zero-order valence-corrected chi connectivity index (χ0v) is 13.0. The number of sulfonamides is 1. The molecule has 0 saturated carbocycles. The van der Waals surface area contributed by atoms with Gasteiger partial charge in [-0.25, -0.2) is 8.42 Å². The van der Waals surface area contributed by atoms with E-state index in [1.807, 2.05) is 6.07 Å². The highest BCUT2D eigenvalue weighted by molar-refractivity contribution is 7.89. The maximum Gasteiger partial charge on any atom is 0.308 e. The topological polar surface area (TPSA) is 98.5 Å². The predicted molar refractivity (Wildman–Crippen MR) is 74.3 cm³/mol. The molecule has 7 heteroatoms. The Morgan fingerprint density at radius 2 is 2.10 bits per heavy atom. The lowest BCUT2D eigenvalue weighted by molar-refractivity contribution is -0.144. The number of hydrogen-bond donors (Lipinski definition) is 1. The average Bonchev–Trinajstić information content (AvgIpc) is 2.26. The van der Waals surface area contributed by atoms with Crippen molar-refractivity contribution < 1.29 is 18.3 Å². The summed E-state index contributed by atoms with van der Waals surface area (Å²) in [5, 5.41) is 17.9. The van der Waals surface area contributed by atoms with E-state index in [2.05, 4.69) is 0 Å². The third kappa shape index (κ3) is 3.93. The van der Waals surface area contributed by atoms with E-state index in [-0.39, 0.29) is 12.2 Å². The standard InChI is InChI=1S/C13H22N2O4S/c1-10-11(12(16)17)5-4-8-15(10)20(18,19)9-13(2,3)6-7-14/h10-11H,4-6,8-9H2,1-3H3,(H,16,17)/t10-,11-/m1/s1. The Balaban J connectivity index is 2.92. The third-order valence-corrected chi connectivity index (χ3v) is 6.11. The normalized spacial score (nSPS) is 25.1. The van der Waals surface area contributed by atoms with Crippen LogP contribution in [0.15, 0.2) is 0 Å². The van der Waals surface area contributed by atoms with Crippen LogP contribution in [0.25, 0.3) is 0 Å². The van der Waals surface area contributed by atoms with Crippen molar-refractivity contribution in [3.8, 4) is 6.07 Å². The fourth-order valence-electron chi connectivity index (χ4n) is 2.68. The van der Waals surface area contributed by atoms with Crippen LogP contribution in [0, 0.1) is 22.7 Å². The highest BCUT2D eigenvalue weighted by atomic mass is 32.2. The van der Waals surface area contributed by atoms with Gasteiger partial charge >= 0.3 is 5.97 Å². The molecule has 0 bridgehead atoms. The summed E-state index contributed by atoms with van der Waals surface area (Å²) in [5.41, 5.74) is -0.635. The van der Waals surface area contributed by atoms with E-state index in [0.29, 0.717) is 19.4 Å². The van der Waals surface area contributed by atoms with E-state index in [0.717, 1.165) is 0 Å². The predicted octanol–water partition coefficient (Wildman–Crippen LogP) is 1.44. The molecule has 0 unspecified atom stereocenters. The Hall–Kier alpha value is -1.13. The molecule has 0 aromatic heterocycles. The Morgan fingerprint density at radius 1 is 1.50 bits per heavy atom. The van der Waals surface area contributed by atoms with Gasteiger partial charge < -0.3 is 5.11 Å². The Kier molecular flexibility index (Phi) is 5.16. The van der Waals surface area contributed by atoms with Crippen molar-refractivity contribution in [2.24, 2.45) is 11.3 Å². The Labute approximate surface area is 120 Å². The van der Waals surface area contributed by atoms with Crippen LogP contribution in [0.3, 0.4) is 0 Å². The van der Waals surface area contributed by atoms with E-state index in [9.17, 15) is 13.2 Å². The largest absolute Gasteiger partial charge is 0.481 e. The number of aliphatic carboxylic acids is 1. The van der Waals surface area contributed by atoms with Crippen LogP contribution in [0.5, 0.6) is 0 Å². The molecule has 0 aromatic carbocycles. The van der Waals surface area contributed by atoms with Crippen LogP contribution in [-0.2, 0) is 14.8 Å². The van der Waals surface area contributed by atoms with Gasteiger partial charge in [0.15, 0.2) is 0 Å². The van der Waals surface area contributed by atoms with E-state index >= 15 is 0 Å². The molecular weight excluding hydrogens is 280 g/mol. The van der Waals surface area contributed by atoms with Gasteiger partial charge in [0.25, 0.3) is 0 Å². The maximum atomic E-state index is 12.5. The molecule has 1 aliphatic rings. The highest BCUT2D eigenvalue weighted by Crippen LogP contribution is 2.30. The monoisotopic (exact) mass is 302 g/mol. The number of carboxylic acid groups (broad SMARTS) is 1. The first kappa shape index (κ1) is 16.9. The molecule has 1 saturated heterocycles. The molecule has 1 N–H and O–H groups in total. The molecule has 0 amide bonds. The first-order valence-corrected chi connectivity index (χ1v) is 8.31. The van der Waals surface area contributed by atoms with Gasteiger partial charge in [-0.1, -0.05) is 13.8 Å². The smallest absolute Gasteiger partial charge is 0.308 e. The minimum atomic E-state index is -3.56. The number of hydrogen-bond acceptors (Lipinski definition) is 4. The molecule has 20 heavy (non-hydrogen) atoms. The van der Waals surface area contributed by atoms with Crippen molar-refractivity contribution in [2.75, 3.05) is 12.3 Å². The van der Waals surface area contributed by atoms with Crippen molar-refractivity contribution in [3.63, 3.8) is 0 Å². The van der Waals surface area contributed by atoms with E-state index in [1.54, 1.807) is 20.8 Å². The Morgan fingerprint density at radius 3 is 2.60 bits per heavy atom. The molecule has 0 aliphatic carbocycles. The second-order valence-corrected chi connectivity index (χ2v) is 8.12. The maximum absolute atomic E-state index is 12.5. The highest BCUT2D eigenvalue weighted by Gasteiger charge is 2.40. The minimum Gasteiger partial charge on any atom is -0.481 e. The zero-order valence-electron chi connectivity index (χ0n) is 12.2. The van der Waals surface area contributed by atoms with Gasteiger partial charge in [0.1, 0.15) is 0 Å². The van der Waals surface area contributed by atoms with Crippen LogP contribution in [0.2, 0.25) is 0 Å². The first-order chi connectivity index (χ1) is 9.10. The molecule has 2 atom stereocenters. The minimum absolute atomic E-state index is 0.135. The van der Waals surface area contributed by atoms with E-state index in [1.165, 1.54) is 4.31 Å². The number of carboxylic acids is 1. The van der Waals surface area contributed by atoms with Crippen molar-refractivity contribution in [1.82, 2.24) is 4.31 Å². The lowest BCUT2D eigenvalue weighted by Gasteiger charge is -2.38. The van der Waals surface area contributed by atoms with Gasteiger partial charge in [-0.15, -0.1) is 0 Å². The number of carbonyl (C=O) groups is 1. The summed E-state index contributed by atoms with van der Waals surface area (Å²) in [6.45, 7) is 5.47. The quantitative estimate of drug-likeness (QED) is 0.828. The summed E-state index contributed by atoms with van der Waals surface area (Å²) >= 11 is 0. The molecular formula is C13H22N2O4S. The number of piperidine rings is 1. The molecule has 114 valence electrons. The summed E-state index contributed by atoms with van der Waals surface area (Å²) in [6, 6.07) is 1.46. The molecule has 0 aromatic rings. The van der Waals surface area contributed by atoms with E-state index < -0.39 is 33.4 Å². The number of nitriles is 1.